The second kappa shape index (κ2) is 5.63. The third kappa shape index (κ3) is 2.31. The van der Waals surface area contributed by atoms with E-state index in [2.05, 4.69) is 5.92 Å². The molecule has 1 unspecified atom stereocenters. The van der Waals surface area contributed by atoms with Crippen molar-refractivity contribution in [2.75, 3.05) is 7.11 Å². The molecular weight excluding hydrogens is 248 g/mol. The molecule has 0 N–H and O–H groups in total. The molecule has 2 nitrogen and oxygen atoms in total. The van der Waals surface area contributed by atoms with Crippen LogP contribution < -0.4 is 4.74 Å². The summed E-state index contributed by atoms with van der Waals surface area (Å²) in [5, 5.41) is 0. The van der Waals surface area contributed by atoms with Crippen LogP contribution in [0, 0.1) is 12.3 Å². The van der Waals surface area contributed by atoms with Gasteiger partial charge in [-0.15, -0.1) is 6.42 Å². The fraction of sp³-hybridized carbons (Fsp3) is 0.167. The van der Waals surface area contributed by atoms with Crippen molar-refractivity contribution in [3.8, 4) is 18.1 Å². The number of terminal acetylenes is 1. The highest BCUT2D eigenvalue weighted by Gasteiger charge is 2.30. The van der Waals surface area contributed by atoms with Gasteiger partial charge in [0.25, 0.3) is 0 Å². The summed E-state index contributed by atoms with van der Waals surface area (Å²) in [5.41, 5.74) is 1.62. The van der Waals surface area contributed by atoms with E-state index in [0.717, 1.165) is 17.4 Å². The quantitative estimate of drug-likeness (QED) is 0.626. The number of aldehydes is 1. The molecule has 0 radical (unpaired) electrons. The molecule has 0 aliphatic heterocycles. The molecule has 20 heavy (non-hydrogen) atoms. The topological polar surface area (TPSA) is 26.3 Å². The molecule has 1 atom stereocenters. The van der Waals surface area contributed by atoms with E-state index in [0.29, 0.717) is 11.3 Å². The van der Waals surface area contributed by atoms with Gasteiger partial charge in [0.1, 0.15) is 12.0 Å². The third-order valence-corrected chi connectivity index (χ3v) is 3.55. The van der Waals surface area contributed by atoms with E-state index in [1.54, 1.807) is 13.2 Å². The first kappa shape index (κ1) is 13.9. The van der Waals surface area contributed by atoms with E-state index in [4.69, 9.17) is 11.2 Å². The van der Waals surface area contributed by atoms with Gasteiger partial charge in [0, 0.05) is 5.56 Å². The van der Waals surface area contributed by atoms with E-state index >= 15 is 0 Å². The summed E-state index contributed by atoms with van der Waals surface area (Å²) in [5.74, 6) is 3.32. The van der Waals surface area contributed by atoms with Crippen LogP contribution in [0.3, 0.4) is 0 Å². The monoisotopic (exact) mass is 264 g/mol. The molecular formula is C18H16O2. The van der Waals surface area contributed by atoms with E-state index in [-0.39, 0.29) is 0 Å². The predicted molar refractivity (Wildman–Crippen MR) is 79.9 cm³/mol. The first-order valence-corrected chi connectivity index (χ1v) is 6.32. The molecule has 0 aliphatic carbocycles. The minimum Gasteiger partial charge on any atom is -0.497 e. The maximum Gasteiger partial charge on any atom is 0.134 e. The van der Waals surface area contributed by atoms with Gasteiger partial charge in [0.05, 0.1) is 12.5 Å². The predicted octanol–water partition coefficient (Wildman–Crippen LogP) is 3.18. The number of benzene rings is 2. The summed E-state index contributed by atoms with van der Waals surface area (Å²) in [6.07, 6.45) is 6.52. The van der Waals surface area contributed by atoms with Crippen LogP contribution in [0.4, 0.5) is 0 Å². The highest BCUT2D eigenvalue weighted by Crippen LogP contribution is 2.33. The van der Waals surface area contributed by atoms with Crippen LogP contribution in [0.25, 0.3) is 0 Å². The molecule has 2 aromatic carbocycles. The zero-order valence-electron chi connectivity index (χ0n) is 11.6. The smallest absolute Gasteiger partial charge is 0.134 e. The minimum absolute atomic E-state index is 0.669. The van der Waals surface area contributed by atoms with Crippen LogP contribution in [0.1, 0.15) is 23.6 Å². The van der Waals surface area contributed by atoms with Crippen molar-refractivity contribution in [3.05, 3.63) is 65.2 Å². The van der Waals surface area contributed by atoms with Crippen LogP contribution in [-0.2, 0) is 10.2 Å². The van der Waals surface area contributed by atoms with E-state index in [1.165, 1.54) is 0 Å². The zero-order chi connectivity index (χ0) is 14.6. The van der Waals surface area contributed by atoms with Gasteiger partial charge in [0.2, 0.25) is 0 Å². The van der Waals surface area contributed by atoms with Crippen LogP contribution in [-0.4, -0.2) is 13.4 Å². The van der Waals surface area contributed by atoms with Gasteiger partial charge in [-0.1, -0.05) is 42.3 Å². The summed E-state index contributed by atoms with van der Waals surface area (Å²) in [6.45, 7) is 1.87. The lowest BCUT2D eigenvalue weighted by Crippen LogP contribution is -2.26. The Hall–Kier alpha value is -2.53. The van der Waals surface area contributed by atoms with Gasteiger partial charge >= 0.3 is 0 Å². The van der Waals surface area contributed by atoms with Gasteiger partial charge in [-0.05, 0) is 30.2 Å². The number of carbonyl (C=O) groups excluding carboxylic acids is 1. The number of carbonyl (C=O) groups is 1. The Labute approximate surface area is 119 Å². The van der Waals surface area contributed by atoms with Gasteiger partial charge in [-0.2, -0.15) is 0 Å². The molecule has 0 spiro atoms. The molecule has 2 rings (SSSR count). The highest BCUT2D eigenvalue weighted by molar-refractivity contribution is 5.76. The normalized spacial score (nSPS) is 13.1. The Bertz CT molecular complexity index is 653. The Morgan fingerprint density at radius 3 is 2.45 bits per heavy atom. The Balaban J connectivity index is 2.64. The molecule has 0 bridgehead atoms. The van der Waals surface area contributed by atoms with Crippen molar-refractivity contribution in [2.45, 2.75) is 12.3 Å². The summed E-state index contributed by atoms with van der Waals surface area (Å²) < 4.78 is 5.18. The van der Waals surface area contributed by atoms with Gasteiger partial charge in [-0.3, -0.25) is 0 Å². The number of ether oxygens (including phenoxy) is 1. The van der Waals surface area contributed by atoms with E-state index in [1.807, 2.05) is 49.4 Å². The summed E-state index contributed by atoms with van der Waals surface area (Å²) in [7, 11) is 1.59. The largest absolute Gasteiger partial charge is 0.497 e. The van der Waals surface area contributed by atoms with Gasteiger partial charge in [0.15, 0.2) is 0 Å². The van der Waals surface area contributed by atoms with Crippen molar-refractivity contribution < 1.29 is 9.53 Å². The lowest BCUT2D eigenvalue weighted by Gasteiger charge is -2.26. The standard InChI is InChI=1S/C18H16O2/c1-4-14-12-16(20-3)10-11-17(14)18(2,13-19)15-8-6-5-7-9-15/h1,5-13H,2-3H3. The average Bonchev–Trinajstić information content (AvgIpc) is 2.54. The molecule has 2 heteroatoms. The molecule has 0 heterocycles. The maximum absolute atomic E-state index is 11.8. The number of hydrogen-bond donors (Lipinski definition) is 0. The van der Waals surface area contributed by atoms with Crippen molar-refractivity contribution in [1.82, 2.24) is 0 Å². The molecule has 0 saturated carbocycles. The van der Waals surface area contributed by atoms with Crippen LogP contribution in [0.2, 0.25) is 0 Å². The minimum atomic E-state index is -0.769. The summed E-state index contributed by atoms with van der Waals surface area (Å²) >= 11 is 0. The molecule has 0 aliphatic rings. The average molecular weight is 264 g/mol. The third-order valence-electron chi connectivity index (χ3n) is 3.55. The Kier molecular flexibility index (Phi) is 3.91. The number of hydrogen-bond acceptors (Lipinski definition) is 2. The van der Waals surface area contributed by atoms with Crippen LogP contribution in [0.15, 0.2) is 48.5 Å². The van der Waals surface area contributed by atoms with Crippen LogP contribution >= 0.6 is 0 Å². The highest BCUT2D eigenvalue weighted by atomic mass is 16.5. The van der Waals surface area contributed by atoms with Crippen molar-refractivity contribution in [2.24, 2.45) is 0 Å². The van der Waals surface area contributed by atoms with E-state index in [9.17, 15) is 4.79 Å². The van der Waals surface area contributed by atoms with Crippen molar-refractivity contribution in [3.63, 3.8) is 0 Å². The first-order valence-electron chi connectivity index (χ1n) is 6.32. The SMILES string of the molecule is C#Cc1cc(OC)ccc1C(C)(C=O)c1ccccc1. The van der Waals surface area contributed by atoms with Gasteiger partial charge < -0.3 is 9.53 Å². The zero-order valence-corrected chi connectivity index (χ0v) is 11.6. The Morgan fingerprint density at radius 2 is 1.90 bits per heavy atom. The fourth-order valence-electron chi connectivity index (χ4n) is 2.29. The van der Waals surface area contributed by atoms with Crippen LogP contribution in [0.5, 0.6) is 5.75 Å². The number of methoxy groups -OCH3 is 1. The van der Waals surface area contributed by atoms with Crippen molar-refractivity contribution >= 4 is 6.29 Å². The second-order valence-corrected chi connectivity index (χ2v) is 4.74. The second-order valence-electron chi connectivity index (χ2n) is 4.74. The Morgan fingerprint density at radius 1 is 1.20 bits per heavy atom. The molecule has 2 aromatic rings. The summed E-state index contributed by atoms with van der Waals surface area (Å²) in [6, 6.07) is 15.1. The molecule has 0 fully saturated rings. The lowest BCUT2D eigenvalue weighted by atomic mass is 9.75. The van der Waals surface area contributed by atoms with E-state index < -0.39 is 5.41 Å². The molecule has 100 valence electrons. The fourth-order valence-corrected chi connectivity index (χ4v) is 2.29. The molecule has 0 saturated heterocycles. The molecule has 0 amide bonds. The first-order chi connectivity index (χ1) is 9.65. The molecule has 0 aromatic heterocycles. The summed E-state index contributed by atoms with van der Waals surface area (Å²) in [4.78, 5) is 11.8. The van der Waals surface area contributed by atoms with Gasteiger partial charge in [-0.25, -0.2) is 0 Å². The number of rotatable bonds is 4. The maximum atomic E-state index is 11.8. The van der Waals surface area contributed by atoms with Crippen molar-refractivity contribution in [1.29, 1.82) is 0 Å². The lowest BCUT2D eigenvalue weighted by molar-refractivity contribution is -0.110.